The largest absolute Gasteiger partial charge is 0.414 e. The molecule has 0 aromatic carbocycles. The fraction of sp³-hybridized carbons (Fsp3) is 0.969. The third kappa shape index (κ3) is 12.2. The van der Waals surface area contributed by atoms with Gasteiger partial charge in [-0.1, -0.05) is 95.9 Å². The first-order valence-corrected chi connectivity index (χ1v) is 14.8. The molecule has 6 heteroatoms. The van der Waals surface area contributed by atoms with Crippen LogP contribution >= 0.6 is 0 Å². The fourth-order valence-electron chi connectivity index (χ4n) is 5.52. The maximum atomic E-state index is 14.0. The minimum Gasteiger partial charge on any atom is -0.353 e. The van der Waals surface area contributed by atoms with E-state index in [2.05, 4.69) is 82.2 Å². The molecule has 3 nitrogen and oxygen atoms in total. The van der Waals surface area contributed by atoms with Crippen LogP contribution in [0, 0.1) is 50.7 Å². The molecule has 0 spiro atoms. The van der Waals surface area contributed by atoms with Crippen LogP contribution in [0.5, 0.6) is 0 Å². The van der Waals surface area contributed by atoms with Crippen LogP contribution < -0.4 is 0 Å². The summed E-state index contributed by atoms with van der Waals surface area (Å²) in [7, 11) is 0. The first-order chi connectivity index (χ1) is 17.0. The SMILES string of the molecule is CCCCOC(C)OC(CCC(CC)C(CC(C)(C)C)C(C)(C)C(C)(C)CC(C#N)C(C)(C)C)C(F)(F)F. The second kappa shape index (κ2) is 14.7. The number of hydrogen-bond donors (Lipinski definition) is 0. The summed E-state index contributed by atoms with van der Waals surface area (Å²) in [6, 6.07) is 2.54. The third-order valence-corrected chi connectivity index (χ3v) is 8.88. The Morgan fingerprint density at radius 3 is 1.79 bits per heavy atom. The summed E-state index contributed by atoms with van der Waals surface area (Å²) in [4.78, 5) is 0. The Morgan fingerprint density at radius 1 is 0.842 bits per heavy atom. The van der Waals surface area contributed by atoms with Gasteiger partial charge in [0.25, 0.3) is 0 Å². The molecule has 38 heavy (non-hydrogen) atoms. The van der Waals surface area contributed by atoms with Gasteiger partial charge in [-0.3, -0.25) is 0 Å². The number of alkyl halides is 3. The van der Waals surface area contributed by atoms with Crippen molar-refractivity contribution in [1.82, 2.24) is 0 Å². The molecule has 0 aliphatic rings. The Kier molecular flexibility index (Phi) is 14.4. The summed E-state index contributed by atoms with van der Waals surface area (Å²) < 4.78 is 52.9. The van der Waals surface area contributed by atoms with Gasteiger partial charge in [0.1, 0.15) is 0 Å². The highest BCUT2D eigenvalue weighted by Crippen LogP contribution is 2.56. The minimum atomic E-state index is -4.44. The third-order valence-electron chi connectivity index (χ3n) is 8.88. The van der Waals surface area contributed by atoms with Crippen molar-refractivity contribution in [3.63, 3.8) is 0 Å². The van der Waals surface area contributed by atoms with Gasteiger partial charge < -0.3 is 9.47 Å². The molecule has 226 valence electrons. The lowest BCUT2D eigenvalue weighted by Gasteiger charge is -2.53. The Hall–Kier alpha value is -0.800. The van der Waals surface area contributed by atoms with Gasteiger partial charge >= 0.3 is 6.18 Å². The first kappa shape index (κ1) is 37.2. The maximum absolute atomic E-state index is 14.0. The summed E-state index contributed by atoms with van der Waals surface area (Å²) in [6.07, 6.45) is -2.66. The van der Waals surface area contributed by atoms with Crippen molar-refractivity contribution in [2.24, 2.45) is 39.4 Å². The fourth-order valence-corrected chi connectivity index (χ4v) is 5.52. The van der Waals surface area contributed by atoms with Crippen molar-refractivity contribution in [3.05, 3.63) is 0 Å². The molecular formula is C32H60F3NO2. The van der Waals surface area contributed by atoms with Crippen molar-refractivity contribution < 1.29 is 22.6 Å². The minimum absolute atomic E-state index is 0.0195. The molecule has 5 atom stereocenters. The Balaban J connectivity index is 6.05. The van der Waals surface area contributed by atoms with Crippen LogP contribution in [0.4, 0.5) is 13.2 Å². The van der Waals surface area contributed by atoms with E-state index in [-0.39, 0.29) is 45.8 Å². The van der Waals surface area contributed by atoms with Crippen LogP contribution in [0.3, 0.4) is 0 Å². The van der Waals surface area contributed by atoms with Gasteiger partial charge in [0.15, 0.2) is 12.4 Å². The first-order valence-electron chi connectivity index (χ1n) is 14.8. The van der Waals surface area contributed by atoms with Crippen LogP contribution in [0.2, 0.25) is 0 Å². The molecule has 0 bridgehead atoms. The van der Waals surface area contributed by atoms with Gasteiger partial charge in [-0.15, -0.1) is 0 Å². The van der Waals surface area contributed by atoms with Gasteiger partial charge in [-0.25, -0.2) is 0 Å². The zero-order valence-electron chi connectivity index (χ0n) is 26.9. The van der Waals surface area contributed by atoms with Gasteiger partial charge in [0.2, 0.25) is 0 Å². The van der Waals surface area contributed by atoms with E-state index in [4.69, 9.17) is 9.47 Å². The Morgan fingerprint density at radius 2 is 1.39 bits per heavy atom. The molecule has 0 aromatic rings. The smallest absolute Gasteiger partial charge is 0.353 e. The number of nitrogens with zero attached hydrogens (tertiary/aromatic N) is 1. The highest BCUT2D eigenvalue weighted by molar-refractivity contribution is 5.01. The number of halogens is 3. The van der Waals surface area contributed by atoms with Crippen molar-refractivity contribution in [2.75, 3.05) is 6.61 Å². The summed E-state index contributed by atoms with van der Waals surface area (Å²) in [5.74, 6) is 0.182. The zero-order valence-corrected chi connectivity index (χ0v) is 26.9. The standard InChI is InChI=1S/C32H60F3NO2/c1-14-16-19-37-23(3)38-27(32(33,34)35)18-17-24(15-2)26(21-28(4,5)6)31(12,13)30(10,11)20-25(22-36)29(7,8)9/h23-27H,14-21H2,1-13H3. The van der Waals surface area contributed by atoms with Gasteiger partial charge in [-0.2, -0.15) is 18.4 Å². The van der Waals surface area contributed by atoms with Gasteiger partial charge in [0.05, 0.1) is 12.0 Å². The molecule has 0 saturated heterocycles. The molecule has 0 aliphatic carbocycles. The monoisotopic (exact) mass is 547 g/mol. The lowest BCUT2D eigenvalue weighted by molar-refractivity contribution is -0.270. The normalized spacial score (nSPS) is 18.0. The molecule has 0 aliphatic heterocycles. The van der Waals surface area contributed by atoms with Crippen molar-refractivity contribution in [1.29, 1.82) is 5.26 Å². The highest BCUT2D eigenvalue weighted by atomic mass is 19.4. The Labute approximate surface area is 233 Å². The molecule has 0 saturated carbocycles. The number of nitriles is 1. The number of rotatable bonds is 16. The van der Waals surface area contributed by atoms with Crippen molar-refractivity contribution in [2.45, 2.75) is 154 Å². The Bertz CT molecular complexity index is 710. The van der Waals surface area contributed by atoms with E-state index in [1.54, 1.807) is 6.92 Å². The summed E-state index contributed by atoms with van der Waals surface area (Å²) in [5.41, 5.74) is -0.511. The van der Waals surface area contributed by atoms with E-state index in [1.807, 2.05) is 6.92 Å². The molecule has 0 radical (unpaired) electrons. The number of hydrogen-bond acceptors (Lipinski definition) is 3. The van der Waals surface area contributed by atoms with E-state index in [9.17, 15) is 18.4 Å². The molecular weight excluding hydrogens is 487 g/mol. The topological polar surface area (TPSA) is 42.2 Å². The quantitative estimate of drug-likeness (QED) is 0.143. The number of unbranched alkanes of at least 4 members (excludes halogenated alkanes) is 1. The lowest BCUT2D eigenvalue weighted by atomic mass is 9.52. The van der Waals surface area contributed by atoms with E-state index in [0.29, 0.717) is 13.0 Å². The average molecular weight is 548 g/mol. The van der Waals surface area contributed by atoms with Crippen molar-refractivity contribution >= 4 is 0 Å². The van der Waals surface area contributed by atoms with E-state index >= 15 is 0 Å². The molecule has 0 aromatic heterocycles. The summed E-state index contributed by atoms with van der Waals surface area (Å²) >= 11 is 0. The molecule has 0 rings (SSSR count). The average Bonchev–Trinajstić information content (AvgIpc) is 2.73. The van der Waals surface area contributed by atoms with E-state index in [1.165, 1.54) is 0 Å². The highest BCUT2D eigenvalue weighted by Gasteiger charge is 2.49. The van der Waals surface area contributed by atoms with Crippen LogP contribution in [-0.4, -0.2) is 25.2 Å². The van der Waals surface area contributed by atoms with Crippen LogP contribution in [0.15, 0.2) is 0 Å². The number of ether oxygens (including phenoxy) is 2. The predicted molar refractivity (Wildman–Crippen MR) is 153 cm³/mol. The molecule has 0 N–H and O–H groups in total. The van der Waals surface area contributed by atoms with Crippen LogP contribution in [0.25, 0.3) is 0 Å². The predicted octanol–water partition coefficient (Wildman–Crippen LogP) is 10.6. The lowest BCUT2D eigenvalue weighted by Crippen LogP contribution is -2.46. The van der Waals surface area contributed by atoms with Gasteiger partial charge in [-0.05, 0) is 72.5 Å². The zero-order chi connectivity index (χ0) is 30.2. The summed E-state index contributed by atoms with van der Waals surface area (Å²) in [5, 5.41) is 9.95. The second-order valence-corrected chi connectivity index (χ2v) is 14.9. The van der Waals surface area contributed by atoms with E-state index < -0.39 is 18.6 Å². The second-order valence-electron chi connectivity index (χ2n) is 14.9. The van der Waals surface area contributed by atoms with E-state index in [0.717, 1.165) is 32.1 Å². The molecule has 5 unspecified atom stereocenters. The van der Waals surface area contributed by atoms with Crippen LogP contribution in [-0.2, 0) is 9.47 Å². The molecule has 0 amide bonds. The van der Waals surface area contributed by atoms with Gasteiger partial charge in [0, 0.05) is 6.61 Å². The van der Waals surface area contributed by atoms with Crippen molar-refractivity contribution in [3.8, 4) is 6.07 Å². The summed E-state index contributed by atoms with van der Waals surface area (Å²) in [6.45, 7) is 28.0. The molecule has 0 fully saturated rings. The van der Waals surface area contributed by atoms with Crippen LogP contribution in [0.1, 0.15) is 135 Å². The molecule has 0 heterocycles. The maximum Gasteiger partial charge on any atom is 0.414 e.